The minimum atomic E-state index is -1.44. The SMILES string of the molecule is CC1(C)OB(c2cc([Si](C)(C)C)ccc2C#N)OC1(C)C. The Morgan fingerprint density at radius 3 is 2.00 bits per heavy atom. The molecule has 0 aliphatic carbocycles. The van der Waals surface area contributed by atoms with Crippen molar-refractivity contribution in [1.82, 2.24) is 0 Å². The van der Waals surface area contributed by atoms with Crippen molar-refractivity contribution in [2.75, 3.05) is 0 Å². The monoisotopic (exact) mass is 301 g/mol. The topological polar surface area (TPSA) is 42.2 Å². The van der Waals surface area contributed by atoms with Crippen molar-refractivity contribution in [3.05, 3.63) is 23.8 Å². The van der Waals surface area contributed by atoms with Gasteiger partial charge >= 0.3 is 7.12 Å². The van der Waals surface area contributed by atoms with Crippen LogP contribution >= 0.6 is 0 Å². The third-order valence-corrected chi connectivity index (χ3v) is 6.59. The molecule has 1 aromatic carbocycles. The largest absolute Gasteiger partial charge is 0.496 e. The van der Waals surface area contributed by atoms with Gasteiger partial charge in [0.25, 0.3) is 0 Å². The molecular weight excluding hydrogens is 277 g/mol. The van der Waals surface area contributed by atoms with Crippen LogP contribution in [0.2, 0.25) is 19.6 Å². The van der Waals surface area contributed by atoms with Gasteiger partial charge in [-0.05, 0) is 33.8 Å². The van der Waals surface area contributed by atoms with Crippen molar-refractivity contribution in [3.8, 4) is 6.07 Å². The molecule has 0 spiro atoms. The molecule has 0 bridgehead atoms. The van der Waals surface area contributed by atoms with Gasteiger partial charge in [-0.2, -0.15) is 5.26 Å². The summed E-state index contributed by atoms with van der Waals surface area (Å²) < 4.78 is 12.2. The van der Waals surface area contributed by atoms with Gasteiger partial charge in [-0.25, -0.2) is 0 Å². The van der Waals surface area contributed by atoms with Crippen molar-refractivity contribution in [1.29, 1.82) is 5.26 Å². The second-order valence-corrected chi connectivity index (χ2v) is 12.8. The van der Waals surface area contributed by atoms with Crippen LogP contribution in [0.5, 0.6) is 0 Å². The maximum atomic E-state index is 9.38. The van der Waals surface area contributed by atoms with Crippen LogP contribution < -0.4 is 10.6 Å². The minimum Gasteiger partial charge on any atom is -0.399 e. The first-order valence-corrected chi connectivity index (χ1v) is 10.9. The molecule has 0 N–H and O–H groups in total. The Hall–Kier alpha value is -1.09. The van der Waals surface area contributed by atoms with Crippen LogP contribution in [0.25, 0.3) is 0 Å². The van der Waals surface area contributed by atoms with Crippen LogP contribution in [-0.2, 0) is 9.31 Å². The quantitative estimate of drug-likeness (QED) is 0.788. The molecule has 1 heterocycles. The van der Waals surface area contributed by atoms with Crippen molar-refractivity contribution in [2.45, 2.75) is 58.5 Å². The maximum Gasteiger partial charge on any atom is 0.496 e. The Morgan fingerprint density at radius 2 is 1.57 bits per heavy atom. The first kappa shape index (κ1) is 16.3. The van der Waals surface area contributed by atoms with Crippen molar-refractivity contribution < 1.29 is 9.31 Å². The standard InChI is InChI=1S/C16H24BNO2Si/c1-15(2)16(3,4)20-17(19-15)14-10-13(21(5,6)7)9-8-12(14)11-18/h8-10H,1-7H3. The van der Waals surface area contributed by atoms with Gasteiger partial charge in [0, 0.05) is 5.46 Å². The predicted molar refractivity (Wildman–Crippen MR) is 89.9 cm³/mol. The second-order valence-electron chi connectivity index (χ2n) is 7.75. The Morgan fingerprint density at radius 1 is 1.05 bits per heavy atom. The summed E-state index contributed by atoms with van der Waals surface area (Å²) in [6.07, 6.45) is 0. The molecule has 21 heavy (non-hydrogen) atoms. The molecule has 1 aliphatic rings. The van der Waals surface area contributed by atoms with E-state index in [1.54, 1.807) is 0 Å². The molecule has 2 rings (SSSR count). The lowest BCUT2D eigenvalue weighted by atomic mass is 9.76. The molecule has 0 aromatic heterocycles. The summed E-state index contributed by atoms with van der Waals surface area (Å²) in [4.78, 5) is 0. The van der Waals surface area contributed by atoms with E-state index in [0.29, 0.717) is 5.56 Å². The number of nitrogens with zero attached hydrogens (tertiary/aromatic N) is 1. The Labute approximate surface area is 129 Å². The van der Waals surface area contributed by atoms with Crippen molar-refractivity contribution >= 4 is 25.8 Å². The number of rotatable bonds is 2. The Bertz CT molecular complexity index is 583. The van der Waals surface area contributed by atoms with Crippen LogP contribution in [0.3, 0.4) is 0 Å². The molecule has 3 nitrogen and oxygen atoms in total. The molecular formula is C16H24BNO2Si. The number of hydrogen-bond donors (Lipinski definition) is 0. The average molecular weight is 301 g/mol. The summed E-state index contributed by atoms with van der Waals surface area (Å²) in [5.74, 6) is 0. The van der Waals surface area contributed by atoms with Gasteiger partial charge in [-0.15, -0.1) is 0 Å². The Balaban J connectivity index is 2.47. The summed E-state index contributed by atoms with van der Waals surface area (Å²) in [5, 5.41) is 10.7. The smallest absolute Gasteiger partial charge is 0.399 e. The normalized spacial score (nSPS) is 20.4. The molecule has 1 fully saturated rings. The first-order valence-electron chi connectivity index (χ1n) is 7.38. The minimum absolute atomic E-state index is 0.389. The molecule has 5 heteroatoms. The first-order chi connectivity index (χ1) is 9.48. The van der Waals surface area contributed by atoms with Gasteiger partial charge in [0.2, 0.25) is 0 Å². The molecule has 1 saturated heterocycles. The molecule has 1 aliphatic heterocycles. The lowest BCUT2D eigenvalue weighted by molar-refractivity contribution is 0.00578. The summed E-state index contributed by atoms with van der Waals surface area (Å²) in [7, 11) is -1.91. The summed E-state index contributed by atoms with van der Waals surface area (Å²) in [5.41, 5.74) is 0.714. The zero-order valence-corrected chi connectivity index (χ0v) is 15.1. The van der Waals surface area contributed by atoms with Gasteiger partial charge in [-0.1, -0.05) is 37.0 Å². The Kier molecular flexibility index (Phi) is 3.86. The van der Waals surface area contributed by atoms with E-state index >= 15 is 0 Å². The van der Waals surface area contributed by atoms with E-state index < -0.39 is 15.2 Å². The molecule has 0 atom stereocenters. The zero-order valence-electron chi connectivity index (χ0n) is 14.1. The van der Waals surface area contributed by atoms with E-state index in [4.69, 9.17) is 9.31 Å². The fraction of sp³-hybridized carbons (Fsp3) is 0.562. The summed E-state index contributed by atoms with van der Waals surface area (Å²) >= 11 is 0. The van der Waals surface area contributed by atoms with Crippen LogP contribution in [0, 0.1) is 11.3 Å². The highest BCUT2D eigenvalue weighted by molar-refractivity contribution is 6.89. The molecule has 0 radical (unpaired) electrons. The molecule has 0 unspecified atom stereocenters. The molecule has 0 amide bonds. The third kappa shape index (κ3) is 2.94. The highest BCUT2D eigenvalue weighted by Gasteiger charge is 2.52. The fourth-order valence-corrected chi connectivity index (χ4v) is 3.47. The molecule has 0 saturated carbocycles. The van der Waals surface area contributed by atoms with Crippen LogP contribution in [-0.4, -0.2) is 26.4 Å². The van der Waals surface area contributed by atoms with Crippen LogP contribution in [0.4, 0.5) is 0 Å². The maximum absolute atomic E-state index is 9.38. The van der Waals surface area contributed by atoms with Gasteiger partial charge in [0.1, 0.15) is 0 Å². The van der Waals surface area contributed by atoms with E-state index in [1.807, 2.05) is 33.8 Å². The third-order valence-electron chi connectivity index (χ3n) is 4.55. The lowest BCUT2D eigenvalue weighted by Crippen LogP contribution is -2.44. The van der Waals surface area contributed by atoms with E-state index in [9.17, 15) is 5.26 Å². The average Bonchev–Trinajstić information content (AvgIpc) is 2.56. The van der Waals surface area contributed by atoms with Crippen molar-refractivity contribution in [2.24, 2.45) is 0 Å². The van der Waals surface area contributed by atoms with E-state index in [2.05, 4.69) is 37.8 Å². The molecule has 112 valence electrons. The predicted octanol–water partition coefficient (Wildman–Crippen LogP) is 2.40. The summed E-state index contributed by atoms with van der Waals surface area (Å²) in [6.45, 7) is 15.0. The van der Waals surface area contributed by atoms with Crippen LogP contribution in [0.15, 0.2) is 18.2 Å². The van der Waals surface area contributed by atoms with E-state index in [1.165, 1.54) is 5.19 Å². The lowest BCUT2D eigenvalue weighted by Gasteiger charge is -2.32. The van der Waals surface area contributed by atoms with Gasteiger partial charge in [0.15, 0.2) is 0 Å². The van der Waals surface area contributed by atoms with Crippen LogP contribution in [0.1, 0.15) is 33.3 Å². The van der Waals surface area contributed by atoms with Crippen molar-refractivity contribution in [3.63, 3.8) is 0 Å². The molecule has 1 aromatic rings. The highest BCUT2D eigenvalue weighted by Crippen LogP contribution is 2.36. The summed E-state index contributed by atoms with van der Waals surface area (Å²) in [6, 6.07) is 8.33. The fourth-order valence-electron chi connectivity index (χ4n) is 2.30. The van der Waals surface area contributed by atoms with Gasteiger partial charge in [0.05, 0.1) is 30.9 Å². The zero-order chi connectivity index (χ0) is 16.1. The van der Waals surface area contributed by atoms with E-state index in [0.717, 1.165) is 5.46 Å². The van der Waals surface area contributed by atoms with Gasteiger partial charge < -0.3 is 9.31 Å². The number of nitriles is 1. The number of hydrogen-bond acceptors (Lipinski definition) is 3. The van der Waals surface area contributed by atoms with Gasteiger partial charge in [-0.3, -0.25) is 0 Å². The highest BCUT2D eigenvalue weighted by atomic mass is 28.3. The van der Waals surface area contributed by atoms with E-state index in [-0.39, 0.29) is 11.2 Å². The number of benzene rings is 1. The second kappa shape index (κ2) is 4.98.